The van der Waals surface area contributed by atoms with Gasteiger partial charge in [-0.2, -0.15) is 0 Å². The van der Waals surface area contributed by atoms with Gasteiger partial charge in [-0.1, -0.05) is 35.5 Å². The van der Waals surface area contributed by atoms with Crippen LogP contribution in [-0.4, -0.2) is 38.4 Å². The molecule has 0 radical (unpaired) electrons. The highest BCUT2D eigenvalue weighted by Gasteiger charge is 2.15. The quantitative estimate of drug-likeness (QED) is 0.582. The SMILES string of the molecule is CN(Cc1cccc(F)c1)C(=O)CSc1nnc(-c2ccc(Cl)cc2)n1C. The summed E-state index contributed by atoms with van der Waals surface area (Å²) in [4.78, 5) is 13.9. The van der Waals surface area contributed by atoms with Gasteiger partial charge in [-0.3, -0.25) is 4.79 Å². The summed E-state index contributed by atoms with van der Waals surface area (Å²) in [6.07, 6.45) is 0. The summed E-state index contributed by atoms with van der Waals surface area (Å²) in [7, 11) is 3.55. The third kappa shape index (κ3) is 4.87. The van der Waals surface area contributed by atoms with Crippen LogP contribution >= 0.6 is 23.4 Å². The Bertz CT molecular complexity index is 945. The van der Waals surface area contributed by atoms with E-state index in [0.717, 1.165) is 11.1 Å². The standard InChI is InChI=1S/C19H18ClFN4OS/c1-24(11-13-4-3-5-16(21)10-13)17(26)12-27-19-23-22-18(25(19)2)14-6-8-15(20)9-7-14/h3-10H,11-12H2,1-2H3. The summed E-state index contributed by atoms with van der Waals surface area (Å²) >= 11 is 7.23. The minimum absolute atomic E-state index is 0.0692. The Hall–Kier alpha value is -2.38. The maximum Gasteiger partial charge on any atom is 0.233 e. The second-order valence-electron chi connectivity index (χ2n) is 6.04. The summed E-state index contributed by atoms with van der Waals surface area (Å²) in [5.74, 6) is 0.546. The minimum Gasteiger partial charge on any atom is -0.341 e. The third-order valence-corrected chi connectivity index (χ3v) is 5.25. The lowest BCUT2D eigenvalue weighted by molar-refractivity contribution is -0.127. The van der Waals surface area contributed by atoms with Crippen molar-refractivity contribution in [1.82, 2.24) is 19.7 Å². The maximum atomic E-state index is 13.3. The van der Waals surface area contributed by atoms with Gasteiger partial charge in [-0.25, -0.2) is 4.39 Å². The van der Waals surface area contributed by atoms with Crippen LogP contribution in [0.5, 0.6) is 0 Å². The monoisotopic (exact) mass is 404 g/mol. The van der Waals surface area contributed by atoms with Gasteiger partial charge in [0, 0.05) is 31.2 Å². The molecule has 2 aromatic carbocycles. The minimum atomic E-state index is -0.309. The van der Waals surface area contributed by atoms with E-state index in [1.807, 2.05) is 23.7 Å². The molecular formula is C19H18ClFN4OS. The molecule has 1 aromatic heterocycles. The van der Waals surface area contributed by atoms with Crippen LogP contribution in [-0.2, 0) is 18.4 Å². The Morgan fingerprint density at radius 2 is 1.96 bits per heavy atom. The van der Waals surface area contributed by atoms with Crippen LogP contribution in [0, 0.1) is 5.82 Å². The summed E-state index contributed by atoms with van der Waals surface area (Å²) in [5, 5.41) is 9.66. The zero-order valence-electron chi connectivity index (χ0n) is 14.9. The molecule has 0 N–H and O–H groups in total. The number of carbonyl (C=O) groups excluding carboxylic acids is 1. The van der Waals surface area contributed by atoms with E-state index in [9.17, 15) is 9.18 Å². The molecule has 5 nitrogen and oxygen atoms in total. The van der Waals surface area contributed by atoms with Gasteiger partial charge in [-0.15, -0.1) is 10.2 Å². The molecule has 8 heteroatoms. The number of aromatic nitrogens is 3. The van der Waals surface area contributed by atoms with Crippen molar-refractivity contribution in [3.8, 4) is 11.4 Å². The number of amides is 1. The lowest BCUT2D eigenvalue weighted by Crippen LogP contribution is -2.27. The maximum absolute atomic E-state index is 13.3. The van der Waals surface area contributed by atoms with Crippen molar-refractivity contribution in [2.24, 2.45) is 7.05 Å². The molecule has 140 valence electrons. The molecule has 3 rings (SSSR count). The number of rotatable bonds is 6. The van der Waals surface area contributed by atoms with Crippen LogP contribution in [0.3, 0.4) is 0 Å². The Morgan fingerprint density at radius 3 is 2.67 bits per heavy atom. The second-order valence-corrected chi connectivity index (χ2v) is 7.42. The molecule has 0 spiro atoms. The molecule has 27 heavy (non-hydrogen) atoms. The third-order valence-electron chi connectivity index (χ3n) is 4.00. The van der Waals surface area contributed by atoms with E-state index in [-0.39, 0.29) is 17.5 Å². The number of carbonyl (C=O) groups is 1. The molecule has 0 fully saturated rings. The van der Waals surface area contributed by atoms with Crippen molar-refractivity contribution in [3.05, 3.63) is 64.9 Å². The summed E-state index contributed by atoms with van der Waals surface area (Å²) < 4.78 is 15.1. The Kier molecular flexibility index (Phi) is 6.13. The van der Waals surface area contributed by atoms with Crippen molar-refractivity contribution in [1.29, 1.82) is 0 Å². The fourth-order valence-electron chi connectivity index (χ4n) is 2.52. The van der Waals surface area contributed by atoms with Gasteiger partial charge in [0.25, 0.3) is 0 Å². The van der Waals surface area contributed by atoms with E-state index < -0.39 is 0 Å². The largest absolute Gasteiger partial charge is 0.341 e. The first-order valence-electron chi connectivity index (χ1n) is 8.20. The van der Waals surface area contributed by atoms with Crippen molar-refractivity contribution >= 4 is 29.3 Å². The molecule has 1 amide bonds. The fraction of sp³-hybridized carbons (Fsp3) is 0.211. The molecule has 0 aliphatic heterocycles. The Balaban J connectivity index is 1.61. The summed E-state index contributed by atoms with van der Waals surface area (Å²) in [6.45, 7) is 0.353. The number of halogens is 2. The molecule has 0 aliphatic carbocycles. The van der Waals surface area contributed by atoms with E-state index >= 15 is 0 Å². The van der Waals surface area contributed by atoms with Crippen LogP contribution in [0.4, 0.5) is 4.39 Å². The van der Waals surface area contributed by atoms with Crippen molar-refractivity contribution in [2.75, 3.05) is 12.8 Å². The van der Waals surface area contributed by atoms with E-state index in [2.05, 4.69) is 10.2 Å². The number of thioether (sulfide) groups is 1. The van der Waals surface area contributed by atoms with Crippen LogP contribution in [0.1, 0.15) is 5.56 Å². The Morgan fingerprint density at radius 1 is 1.22 bits per heavy atom. The van der Waals surface area contributed by atoms with Gasteiger partial charge < -0.3 is 9.47 Å². The summed E-state index contributed by atoms with van der Waals surface area (Å²) in [5.41, 5.74) is 1.65. The van der Waals surface area contributed by atoms with E-state index in [1.54, 1.807) is 36.2 Å². The highest BCUT2D eigenvalue weighted by Crippen LogP contribution is 2.24. The van der Waals surface area contributed by atoms with Gasteiger partial charge in [0.15, 0.2) is 11.0 Å². The first kappa shape index (κ1) is 19.4. The van der Waals surface area contributed by atoms with Gasteiger partial charge in [-0.05, 0) is 42.0 Å². The normalized spacial score (nSPS) is 10.8. The van der Waals surface area contributed by atoms with Gasteiger partial charge in [0.1, 0.15) is 5.82 Å². The predicted octanol–water partition coefficient (Wildman–Crippen LogP) is 4.03. The fourth-order valence-corrected chi connectivity index (χ4v) is 3.50. The molecular weight excluding hydrogens is 387 g/mol. The number of hydrogen-bond donors (Lipinski definition) is 0. The first-order chi connectivity index (χ1) is 12.9. The number of nitrogens with zero attached hydrogens (tertiary/aromatic N) is 4. The lowest BCUT2D eigenvalue weighted by Gasteiger charge is -2.17. The van der Waals surface area contributed by atoms with E-state index in [4.69, 9.17) is 11.6 Å². The first-order valence-corrected chi connectivity index (χ1v) is 9.57. The van der Waals surface area contributed by atoms with Crippen LogP contribution in [0.2, 0.25) is 5.02 Å². The molecule has 0 bridgehead atoms. The highest BCUT2D eigenvalue weighted by molar-refractivity contribution is 7.99. The molecule has 3 aromatic rings. The average molecular weight is 405 g/mol. The number of benzene rings is 2. The van der Waals surface area contributed by atoms with Crippen LogP contribution in [0.15, 0.2) is 53.7 Å². The molecule has 0 atom stereocenters. The average Bonchev–Trinajstić information content (AvgIpc) is 3.01. The predicted molar refractivity (Wildman–Crippen MR) is 105 cm³/mol. The molecule has 0 unspecified atom stereocenters. The number of hydrogen-bond acceptors (Lipinski definition) is 4. The Labute approximate surface area is 166 Å². The molecule has 0 saturated carbocycles. The van der Waals surface area contributed by atoms with Crippen molar-refractivity contribution in [2.45, 2.75) is 11.7 Å². The lowest BCUT2D eigenvalue weighted by atomic mass is 10.2. The summed E-state index contributed by atoms with van der Waals surface area (Å²) in [6, 6.07) is 13.6. The molecule has 1 heterocycles. The van der Waals surface area contributed by atoms with E-state index in [1.165, 1.54) is 23.9 Å². The van der Waals surface area contributed by atoms with Gasteiger partial charge in [0.05, 0.1) is 5.75 Å². The van der Waals surface area contributed by atoms with Gasteiger partial charge in [0.2, 0.25) is 5.91 Å². The van der Waals surface area contributed by atoms with Crippen molar-refractivity contribution in [3.63, 3.8) is 0 Å². The zero-order valence-corrected chi connectivity index (χ0v) is 16.5. The molecule has 0 saturated heterocycles. The molecule has 0 aliphatic rings. The smallest absolute Gasteiger partial charge is 0.233 e. The van der Waals surface area contributed by atoms with Crippen LogP contribution < -0.4 is 0 Å². The highest BCUT2D eigenvalue weighted by atomic mass is 35.5. The zero-order chi connectivity index (χ0) is 19.4. The van der Waals surface area contributed by atoms with Gasteiger partial charge >= 0.3 is 0 Å². The second kappa shape index (κ2) is 8.54. The van der Waals surface area contributed by atoms with Crippen LogP contribution in [0.25, 0.3) is 11.4 Å². The topological polar surface area (TPSA) is 51.0 Å². The van der Waals surface area contributed by atoms with Crippen molar-refractivity contribution < 1.29 is 9.18 Å². The van der Waals surface area contributed by atoms with E-state index in [0.29, 0.717) is 22.5 Å².